The third-order valence-corrected chi connectivity index (χ3v) is 7.50. The summed E-state index contributed by atoms with van der Waals surface area (Å²) in [6.45, 7) is 0. The Hall–Kier alpha value is -2.98. The zero-order chi connectivity index (χ0) is 24.4. The largest absolute Gasteiger partial charge is 0.616 e. The normalized spacial score (nSPS) is 25.4. The second kappa shape index (κ2) is 8.11. The number of nitrogens with zero attached hydrogens (tertiary/aromatic N) is 1. The number of amides is 1. The molecule has 0 aliphatic heterocycles. The van der Waals surface area contributed by atoms with Gasteiger partial charge in [-0.2, -0.15) is 0 Å². The minimum atomic E-state index is -1.27. The van der Waals surface area contributed by atoms with Gasteiger partial charge in [-0.05, 0) is 36.3 Å². The lowest BCUT2D eigenvalue weighted by Gasteiger charge is -2.41. The topological polar surface area (TPSA) is 164 Å². The van der Waals surface area contributed by atoms with E-state index in [1.165, 1.54) is 6.26 Å². The number of anilines is 1. The van der Waals surface area contributed by atoms with E-state index >= 15 is 0 Å². The number of allylic oxidation sites excluding steroid dienone is 3. The van der Waals surface area contributed by atoms with Crippen molar-refractivity contribution in [3.05, 3.63) is 45.4 Å². The molecule has 1 aromatic rings. The number of benzene rings is 1. The first-order chi connectivity index (χ1) is 15.4. The van der Waals surface area contributed by atoms with Gasteiger partial charge in [0.05, 0.1) is 17.7 Å². The molecule has 1 amide bonds. The van der Waals surface area contributed by atoms with Crippen molar-refractivity contribution in [2.24, 2.45) is 23.5 Å². The number of hydrogen-bond acceptors (Lipinski definition) is 8. The molecule has 0 radical (unpaired) electrons. The number of ketones is 2. The lowest BCUT2D eigenvalue weighted by molar-refractivity contribution is -0.126. The standard InChI is InChI=1S/C23H26N2O7S/c1-25(2)13-6-11(8-33(3)32)19(27)17-12(13)5-9-4-10-7-14(26)18(23(24)31)22(30)16(10)20(28)15(9)21(17)29/h6,9-10,16,26-28H,4-5,7-8H2,1-3H3,(H2,24,31). The van der Waals surface area contributed by atoms with Crippen molar-refractivity contribution in [1.29, 1.82) is 0 Å². The number of phenols is 1. The summed E-state index contributed by atoms with van der Waals surface area (Å²) in [7, 11) is 3.61. The lowest BCUT2D eigenvalue weighted by atomic mass is 9.62. The van der Waals surface area contributed by atoms with Crippen LogP contribution in [0.15, 0.2) is 28.7 Å². The Morgan fingerprint density at radius 2 is 1.91 bits per heavy atom. The number of fused-ring (bicyclic) bond motifs is 3. The smallest absolute Gasteiger partial charge is 0.255 e. The first-order valence-electron chi connectivity index (χ1n) is 10.5. The average molecular weight is 475 g/mol. The molecule has 33 heavy (non-hydrogen) atoms. The van der Waals surface area contributed by atoms with Gasteiger partial charge < -0.3 is 30.5 Å². The van der Waals surface area contributed by atoms with Crippen molar-refractivity contribution >= 4 is 34.3 Å². The molecule has 0 aromatic heterocycles. The van der Waals surface area contributed by atoms with Crippen molar-refractivity contribution in [3.8, 4) is 5.75 Å². The molecule has 4 rings (SSSR count). The minimum absolute atomic E-state index is 0.00337. The van der Waals surface area contributed by atoms with Crippen molar-refractivity contribution in [3.63, 3.8) is 0 Å². The van der Waals surface area contributed by atoms with Crippen LogP contribution in [0.2, 0.25) is 0 Å². The van der Waals surface area contributed by atoms with Gasteiger partial charge in [-0.1, -0.05) is 11.2 Å². The molecule has 0 spiro atoms. The van der Waals surface area contributed by atoms with Gasteiger partial charge in [0.1, 0.15) is 28.6 Å². The molecule has 0 saturated heterocycles. The van der Waals surface area contributed by atoms with E-state index in [9.17, 15) is 34.3 Å². The van der Waals surface area contributed by atoms with Crippen LogP contribution >= 0.6 is 0 Å². The van der Waals surface area contributed by atoms with Crippen LogP contribution in [0.25, 0.3) is 0 Å². The number of nitrogens with two attached hydrogens (primary N) is 1. The Morgan fingerprint density at radius 3 is 2.48 bits per heavy atom. The van der Waals surface area contributed by atoms with E-state index in [0.29, 0.717) is 29.7 Å². The van der Waals surface area contributed by atoms with Crippen molar-refractivity contribution in [2.75, 3.05) is 25.3 Å². The maximum atomic E-state index is 13.6. The quantitative estimate of drug-likeness (QED) is 0.376. The first kappa shape index (κ1) is 23.2. The number of phenolic OH excluding ortho intramolecular Hbond substituents is 1. The average Bonchev–Trinajstić information content (AvgIpc) is 2.68. The third kappa shape index (κ3) is 3.57. The lowest BCUT2D eigenvalue weighted by Crippen LogP contribution is -2.43. The summed E-state index contributed by atoms with van der Waals surface area (Å²) < 4.78 is 11.8. The van der Waals surface area contributed by atoms with Gasteiger partial charge in [0.25, 0.3) is 5.91 Å². The van der Waals surface area contributed by atoms with Crippen LogP contribution in [-0.4, -0.2) is 57.7 Å². The molecule has 3 aliphatic rings. The second-order valence-electron chi connectivity index (χ2n) is 9.13. The molecule has 0 fully saturated rings. The highest BCUT2D eigenvalue weighted by atomic mass is 32.2. The number of aliphatic hydroxyl groups excluding tert-OH is 2. The maximum Gasteiger partial charge on any atom is 0.255 e. The predicted molar refractivity (Wildman–Crippen MR) is 121 cm³/mol. The number of aromatic hydroxyl groups is 1. The van der Waals surface area contributed by atoms with Crippen LogP contribution in [0.5, 0.6) is 5.75 Å². The van der Waals surface area contributed by atoms with E-state index in [0.717, 1.165) is 0 Å². The number of aliphatic hydroxyl groups is 2. The van der Waals surface area contributed by atoms with Gasteiger partial charge in [0, 0.05) is 37.3 Å². The Bertz CT molecular complexity index is 1150. The van der Waals surface area contributed by atoms with Crippen LogP contribution in [-0.2, 0) is 32.9 Å². The Balaban J connectivity index is 1.88. The summed E-state index contributed by atoms with van der Waals surface area (Å²) in [5.74, 6) is -5.58. The number of rotatable bonds is 4. The highest BCUT2D eigenvalue weighted by Gasteiger charge is 2.50. The minimum Gasteiger partial charge on any atom is -0.616 e. The zero-order valence-electron chi connectivity index (χ0n) is 18.5. The van der Waals surface area contributed by atoms with E-state index in [1.807, 2.05) is 4.90 Å². The molecule has 3 aliphatic carbocycles. The van der Waals surface area contributed by atoms with Crippen LogP contribution in [0, 0.1) is 17.8 Å². The summed E-state index contributed by atoms with van der Waals surface area (Å²) >= 11 is -1.27. The van der Waals surface area contributed by atoms with Gasteiger partial charge in [0.2, 0.25) is 0 Å². The number of hydrogen-bond donors (Lipinski definition) is 4. The second-order valence-corrected chi connectivity index (χ2v) is 10.6. The number of carbonyl (C=O) groups is 3. The fraction of sp³-hybridized carbons (Fsp3) is 0.435. The van der Waals surface area contributed by atoms with Crippen LogP contribution < -0.4 is 10.6 Å². The van der Waals surface area contributed by atoms with Gasteiger partial charge in [-0.3, -0.25) is 14.4 Å². The van der Waals surface area contributed by atoms with Crippen molar-refractivity contribution < 1.29 is 34.3 Å². The molecular formula is C23H26N2O7S. The predicted octanol–water partition coefficient (Wildman–Crippen LogP) is 1.41. The number of primary amides is 1. The summed E-state index contributed by atoms with van der Waals surface area (Å²) in [5, 5.41) is 32.2. The first-order valence-corrected chi connectivity index (χ1v) is 12.3. The van der Waals surface area contributed by atoms with Gasteiger partial charge in [0.15, 0.2) is 11.6 Å². The molecule has 5 N–H and O–H groups in total. The molecule has 10 heteroatoms. The third-order valence-electron chi connectivity index (χ3n) is 6.78. The van der Waals surface area contributed by atoms with Crippen LogP contribution in [0.1, 0.15) is 34.3 Å². The molecule has 0 heterocycles. The molecule has 0 bridgehead atoms. The van der Waals surface area contributed by atoms with E-state index in [2.05, 4.69) is 0 Å². The van der Waals surface area contributed by atoms with Crippen LogP contribution in [0.3, 0.4) is 0 Å². The SMILES string of the molecule is CN(C)c1cc(C[S+](C)[O-])c(O)c2c1CC1CC3CC(O)=C(C(N)=O)C(=O)C3C(O)=C1C2=O. The zero-order valence-corrected chi connectivity index (χ0v) is 19.4. The Labute approximate surface area is 193 Å². The molecule has 4 unspecified atom stereocenters. The van der Waals surface area contributed by atoms with Crippen LogP contribution in [0.4, 0.5) is 5.69 Å². The highest BCUT2D eigenvalue weighted by molar-refractivity contribution is 7.89. The molecule has 1 aromatic carbocycles. The van der Waals surface area contributed by atoms with Crippen molar-refractivity contribution in [2.45, 2.75) is 25.0 Å². The molecule has 4 atom stereocenters. The van der Waals surface area contributed by atoms with E-state index in [4.69, 9.17) is 5.73 Å². The van der Waals surface area contributed by atoms with Crippen molar-refractivity contribution in [1.82, 2.24) is 0 Å². The summed E-state index contributed by atoms with van der Waals surface area (Å²) in [6, 6.07) is 1.72. The molecule has 0 saturated carbocycles. The maximum absolute atomic E-state index is 13.6. The summed E-state index contributed by atoms with van der Waals surface area (Å²) in [4.78, 5) is 40.0. The van der Waals surface area contributed by atoms with E-state index in [-0.39, 0.29) is 29.1 Å². The monoisotopic (exact) mass is 474 g/mol. The number of carbonyl (C=O) groups excluding carboxylic acids is 3. The fourth-order valence-electron chi connectivity index (χ4n) is 5.47. The fourth-order valence-corrected chi connectivity index (χ4v) is 6.13. The van der Waals surface area contributed by atoms with E-state index < -0.39 is 63.5 Å². The Morgan fingerprint density at radius 1 is 1.24 bits per heavy atom. The molecule has 9 nitrogen and oxygen atoms in total. The van der Waals surface area contributed by atoms with Gasteiger partial charge >= 0.3 is 0 Å². The number of Topliss-reactive ketones (excluding diaryl/α,β-unsaturated/α-hetero) is 2. The Kier molecular flexibility index (Phi) is 5.69. The summed E-state index contributed by atoms with van der Waals surface area (Å²) in [6.07, 6.45) is 2.17. The molecular weight excluding hydrogens is 448 g/mol. The summed E-state index contributed by atoms with van der Waals surface area (Å²) in [5.41, 5.74) is 6.46. The van der Waals surface area contributed by atoms with Gasteiger partial charge in [-0.15, -0.1) is 0 Å². The van der Waals surface area contributed by atoms with Gasteiger partial charge in [-0.25, -0.2) is 0 Å². The van der Waals surface area contributed by atoms with E-state index in [1.54, 1.807) is 20.2 Å². The highest BCUT2D eigenvalue weighted by Crippen LogP contribution is 2.51. The molecule has 176 valence electrons.